The van der Waals surface area contributed by atoms with E-state index in [-0.39, 0.29) is 16.9 Å². The van der Waals surface area contributed by atoms with Crippen molar-refractivity contribution in [2.45, 2.75) is 24.9 Å². The van der Waals surface area contributed by atoms with E-state index in [0.717, 1.165) is 0 Å². The minimum absolute atomic E-state index is 0.0219. The Morgan fingerprint density at radius 2 is 2.06 bits per heavy atom. The van der Waals surface area contributed by atoms with Gasteiger partial charge in [-0.1, -0.05) is 6.07 Å². The fourth-order valence-electron chi connectivity index (χ4n) is 1.66. The van der Waals surface area contributed by atoms with Gasteiger partial charge >= 0.3 is 0 Å². The Balaban J connectivity index is 2.71. The molecule has 0 radical (unpaired) electrons. The van der Waals surface area contributed by atoms with Gasteiger partial charge in [0.05, 0.1) is 0 Å². The molecule has 0 amide bonds. The molecule has 0 spiro atoms. The largest absolute Gasteiger partial charge is 0.381 e. The van der Waals surface area contributed by atoms with E-state index in [2.05, 4.69) is 4.98 Å². The van der Waals surface area contributed by atoms with Crippen LogP contribution in [0.25, 0.3) is 5.65 Å². The molecule has 0 aliphatic heterocycles. The highest BCUT2D eigenvalue weighted by Gasteiger charge is 2.29. The summed E-state index contributed by atoms with van der Waals surface area (Å²) < 4.78 is 27.7. The van der Waals surface area contributed by atoms with Crippen molar-refractivity contribution < 1.29 is 8.42 Å². The SMILES string of the molecule is CC(C)N(C)S(=O)(=O)c1c(N)nc2ccccn12. The first-order valence-corrected chi connectivity index (χ1v) is 7.00. The van der Waals surface area contributed by atoms with Crippen LogP contribution in [0.3, 0.4) is 0 Å². The zero-order valence-corrected chi connectivity index (χ0v) is 11.3. The van der Waals surface area contributed by atoms with E-state index in [4.69, 9.17) is 5.73 Å². The summed E-state index contributed by atoms with van der Waals surface area (Å²) in [6.07, 6.45) is 1.64. The van der Waals surface area contributed by atoms with Crippen LogP contribution >= 0.6 is 0 Å². The summed E-state index contributed by atoms with van der Waals surface area (Å²) >= 11 is 0. The molecule has 0 aliphatic carbocycles. The normalized spacial score (nSPS) is 12.7. The van der Waals surface area contributed by atoms with E-state index in [1.807, 2.05) is 0 Å². The Morgan fingerprint density at radius 1 is 1.39 bits per heavy atom. The predicted molar refractivity (Wildman–Crippen MR) is 69.7 cm³/mol. The summed E-state index contributed by atoms with van der Waals surface area (Å²) in [5, 5.41) is 0.0225. The zero-order chi connectivity index (χ0) is 13.5. The van der Waals surface area contributed by atoms with Gasteiger partial charge in [0.1, 0.15) is 5.65 Å². The molecule has 98 valence electrons. The minimum atomic E-state index is -3.64. The van der Waals surface area contributed by atoms with E-state index < -0.39 is 10.0 Å². The molecular formula is C11H16N4O2S. The Kier molecular flexibility index (Phi) is 3.04. The van der Waals surface area contributed by atoms with Crippen LogP contribution in [0.2, 0.25) is 0 Å². The molecule has 0 atom stereocenters. The molecule has 6 nitrogen and oxygen atoms in total. The van der Waals surface area contributed by atoms with E-state index in [9.17, 15) is 8.42 Å². The Morgan fingerprint density at radius 3 is 2.67 bits per heavy atom. The van der Waals surface area contributed by atoms with E-state index in [1.54, 1.807) is 38.2 Å². The molecule has 18 heavy (non-hydrogen) atoms. The number of fused-ring (bicyclic) bond motifs is 1. The monoisotopic (exact) mass is 268 g/mol. The lowest BCUT2D eigenvalue weighted by molar-refractivity contribution is 0.408. The Labute approximate surface area is 106 Å². The smallest absolute Gasteiger partial charge is 0.262 e. The number of imidazole rings is 1. The summed E-state index contributed by atoms with van der Waals surface area (Å²) in [6, 6.07) is 5.08. The Hall–Kier alpha value is -1.60. The highest BCUT2D eigenvalue weighted by atomic mass is 32.2. The zero-order valence-electron chi connectivity index (χ0n) is 10.5. The van der Waals surface area contributed by atoms with Crippen molar-refractivity contribution in [3.63, 3.8) is 0 Å². The van der Waals surface area contributed by atoms with E-state index in [0.29, 0.717) is 5.65 Å². The molecule has 0 bridgehead atoms. The van der Waals surface area contributed by atoms with Gasteiger partial charge in [-0.25, -0.2) is 13.4 Å². The van der Waals surface area contributed by atoms with Crippen molar-refractivity contribution in [1.29, 1.82) is 0 Å². The van der Waals surface area contributed by atoms with Crippen molar-refractivity contribution in [1.82, 2.24) is 13.7 Å². The van der Waals surface area contributed by atoms with Gasteiger partial charge < -0.3 is 5.73 Å². The number of nitrogen functional groups attached to an aromatic ring is 1. The lowest BCUT2D eigenvalue weighted by Crippen LogP contribution is -2.34. The third kappa shape index (κ3) is 1.85. The van der Waals surface area contributed by atoms with Gasteiger partial charge in [0.2, 0.25) is 0 Å². The molecule has 0 saturated heterocycles. The predicted octanol–water partition coefficient (Wildman–Crippen LogP) is 0.945. The molecule has 2 aromatic heterocycles. The lowest BCUT2D eigenvalue weighted by Gasteiger charge is -2.20. The van der Waals surface area contributed by atoms with Gasteiger partial charge in [-0.15, -0.1) is 0 Å². The molecule has 0 aromatic carbocycles. The maximum Gasteiger partial charge on any atom is 0.262 e. The molecule has 0 fully saturated rings. The van der Waals surface area contributed by atoms with Crippen molar-refractivity contribution in [2.24, 2.45) is 0 Å². The van der Waals surface area contributed by atoms with E-state index in [1.165, 1.54) is 15.8 Å². The van der Waals surface area contributed by atoms with Gasteiger partial charge in [0, 0.05) is 19.3 Å². The van der Waals surface area contributed by atoms with Crippen molar-refractivity contribution in [3.05, 3.63) is 24.4 Å². The third-order valence-electron chi connectivity index (χ3n) is 2.86. The number of anilines is 1. The van der Waals surface area contributed by atoms with Crippen LogP contribution in [0.1, 0.15) is 13.8 Å². The highest BCUT2D eigenvalue weighted by Crippen LogP contribution is 2.23. The molecular weight excluding hydrogens is 252 g/mol. The summed E-state index contributed by atoms with van der Waals surface area (Å²) in [6.45, 7) is 3.61. The molecule has 2 N–H and O–H groups in total. The first-order chi connectivity index (χ1) is 8.35. The maximum absolute atomic E-state index is 12.5. The highest BCUT2D eigenvalue weighted by molar-refractivity contribution is 7.89. The second-order valence-corrected chi connectivity index (χ2v) is 6.26. The minimum Gasteiger partial charge on any atom is -0.381 e. The van der Waals surface area contributed by atoms with Crippen molar-refractivity contribution >= 4 is 21.5 Å². The molecule has 2 heterocycles. The Bertz CT molecular complexity index is 675. The number of nitrogens with zero attached hydrogens (tertiary/aromatic N) is 3. The third-order valence-corrected chi connectivity index (χ3v) is 4.94. The van der Waals surface area contributed by atoms with Gasteiger partial charge in [0.15, 0.2) is 10.8 Å². The maximum atomic E-state index is 12.5. The number of pyridine rings is 1. The number of hydrogen-bond donors (Lipinski definition) is 1. The second-order valence-electron chi connectivity index (χ2n) is 4.35. The van der Waals surface area contributed by atoms with Crippen LogP contribution in [0.5, 0.6) is 0 Å². The first-order valence-electron chi connectivity index (χ1n) is 5.56. The summed E-state index contributed by atoms with van der Waals surface area (Å²) in [7, 11) is -2.11. The lowest BCUT2D eigenvalue weighted by atomic mass is 10.4. The van der Waals surface area contributed by atoms with Gasteiger partial charge in [-0.3, -0.25) is 4.40 Å². The van der Waals surface area contributed by atoms with Gasteiger partial charge in [0.25, 0.3) is 10.0 Å². The van der Waals surface area contributed by atoms with Gasteiger partial charge in [-0.05, 0) is 26.0 Å². The van der Waals surface area contributed by atoms with Crippen molar-refractivity contribution in [3.8, 4) is 0 Å². The quantitative estimate of drug-likeness (QED) is 0.898. The number of hydrogen-bond acceptors (Lipinski definition) is 4. The summed E-state index contributed by atoms with van der Waals surface area (Å²) in [5.74, 6) is 0.0219. The average molecular weight is 268 g/mol. The van der Waals surface area contributed by atoms with E-state index >= 15 is 0 Å². The molecule has 0 saturated carbocycles. The fraction of sp³-hybridized carbons (Fsp3) is 0.364. The van der Waals surface area contributed by atoms with Gasteiger partial charge in [-0.2, -0.15) is 4.31 Å². The summed E-state index contributed by atoms with van der Waals surface area (Å²) in [5.41, 5.74) is 6.26. The number of aromatic nitrogens is 2. The standard InChI is InChI=1S/C11H16N4O2S/c1-8(2)14(3)18(16,17)11-10(12)13-9-6-4-5-7-15(9)11/h4-8H,12H2,1-3H3. The molecule has 0 unspecified atom stereocenters. The number of rotatable bonds is 3. The van der Waals surface area contributed by atoms with Crippen molar-refractivity contribution in [2.75, 3.05) is 12.8 Å². The van der Waals surface area contributed by atoms with Crippen LogP contribution in [-0.2, 0) is 10.0 Å². The molecule has 7 heteroatoms. The summed E-state index contributed by atoms with van der Waals surface area (Å²) in [4.78, 5) is 4.06. The van der Waals surface area contributed by atoms with Crippen LogP contribution in [0.4, 0.5) is 5.82 Å². The molecule has 0 aliphatic rings. The molecule has 2 aromatic rings. The number of nitrogens with two attached hydrogens (primary N) is 1. The fourth-order valence-corrected chi connectivity index (χ4v) is 3.20. The van der Waals surface area contributed by atoms with Crippen LogP contribution in [-0.4, -0.2) is 35.2 Å². The van der Waals surface area contributed by atoms with Crippen LogP contribution in [0.15, 0.2) is 29.4 Å². The number of sulfonamides is 1. The molecule has 2 rings (SSSR count). The second kappa shape index (κ2) is 4.25. The average Bonchev–Trinajstić information content (AvgIpc) is 2.64. The van der Waals surface area contributed by atoms with Crippen LogP contribution < -0.4 is 5.73 Å². The van der Waals surface area contributed by atoms with Crippen LogP contribution in [0, 0.1) is 0 Å². The topological polar surface area (TPSA) is 80.7 Å². The first kappa shape index (κ1) is 12.8.